The molecule has 3 aromatic carbocycles. The van der Waals surface area contributed by atoms with E-state index in [-0.39, 0.29) is 11.7 Å². The molecule has 212 valence electrons. The average molecular weight is 572 g/mol. The molecule has 0 saturated heterocycles. The SMILES string of the molecule is CC1=C(C(=O)Nc2cccc(C)c2)C(c2ccc(OCCC(C)C)cc2)n2nc(SCc3ccccc3F)nc2N1. The number of fused-ring (bicyclic) bond motifs is 1. The fraction of sp³-hybridized carbons (Fsp3) is 0.281. The number of rotatable bonds is 10. The number of hydrogen-bond donors (Lipinski definition) is 2. The van der Waals surface area contributed by atoms with Crippen molar-refractivity contribution in [2.75, 3.05) is 17.2 Å². The molecule has 0 fully saturated rings. The third kappa shape index (κ3) is 6.79. The number of anilines is 2. The summed E-state index contributed by atoms with van der Waals surface area (Å²) >= 11 is 1.35. The zero-order valence-electron chi connectivity index (χ0n) is 23.6. The van der Waals surface area contributed by atoms with Crippen molar-refractivity contribution in [2.24, 2.45) is 5.92 Å². The molecule has 4 aromatic rings. The van der Waals surface area contributed by atoms with Crippen molar-refractivity contribution < 1.29 is 13.9 Å². The number of carbonyl (C=O) groups is 1. The highest BCUT2D eigenvalue weighted by Gasteiger charge is 2.34. The maximum Gasteiger partial charge on any atom is 0.255 e. The molecule has 0 bridgehead atoms. The van der Waals surface area contributed by atoms with Crippen LogP contribution < -0.4 is 15.4 Å². The summed E-state index contributed by atoms with van der Waals surface area (Å²) in [6.45, 7) is 8.83. The Morgan fingerprint density at radius 2 is 1.88 bits per heavy atom. The maximum absolute atomic E-state index is 14.2. The largest absolute Gasteiger partial charge is 0.494 e. The molecular weight excluding hydrogens is 537 g/mol. The monoisotopic (exact) mass is 571 g/mol. The summed E-state index contributed by atoms with van der Waals surface area (Å²) in [6.07, 6.45) is 0.969. The predicted molar refractivity (Wildman–Crippen MR) is 162 cm³/mol. The summed E-state index contributed by atoms with van der Waals surface area (Å²) in [7, 11) is 0. The second-order valence-corrected chi connectivity index (χ2v) is 11.5. The Bertz CT molecular complexity index is 1560. The Hall–Kier alpha value is -4.11. The number of aromatic nitrogens is 3. The normalized spacial score (nSPS) is 14.5. The van der Waals surface area contributed by atoms with Crippen LogP contribution in [0.5, 0.6) is 5.75 Å². The summed E-state index contributed by atoms with van der Waals surface area (Å²) in [4.78, 5) is 18.4. The number of carbonyl (C=O) groups excluding carboxylic acids is 1. The van der Waals surface area contributed by atoms with Gasteiger partial charge >= 0.3 is 0 Å². The molecule has 0 spiro atoms. The average Bonchev–Trinajstić information content (AvgIpc) is 3.34. The first kappa shape index (κ1) is 28.4. The van der Waals surface area contributed by atoms with Gasteiger partial charge in [-0.25, -0.2) is 9.07 Å². The first-order chi connectivity index (χ1) is 19.8. The Morgan fingerprint density at radius 3 is 2.61 bits per heavy atom. The molecule has 41 heavy (non-hydrogen) atoms. The number of thioether (sulfide) groups is 1. The van der Waals surface area contributed by atoms with E-state index in [1.807, 2.05) is 68.4 Å². The molecule has 1 aliphatic heterocycles. The summed E-state index contributed by atoms with van der Waals surface area (Å²) in [6, 6.07) is 21.6. The van der Waals surface area contributed by atoms with Crippen LogP contribution in [0.3, 0.4) is 0 Å². The van der Waals surface area contributed by atoms with Gasteiger partial charge in [-0.3, -0.25) is 4.79 Å². The molecule has 0 saturated carbocycles. The van der Waals surface area contributed by atoms with Crippen LogP contribution in [0.25, 0.3) is 0 Å². The van der Waals surface area contributed by atoms with Crippen LogP contribution in [0.15, 0.2) is 89.2 Å². The minimum Gasteiger partial charge on any atom is -0.494 e. The standard InChI is InChI=1S/C32H34FN5O2S/c1-20(2)16-17-40-26-14-12-23(13-15-26)29-28(30(39)35-25-10-7-8-21(3)18-25)22(4)34-31-36-32(37-38(29)31)41-19-24-9-5-6-11-27(24)33/h5-15,18,20,29H,16-17,19H2,1-4H3,(H,35,39)(H,34,36,37). The summed E-state index contributed by atoms with van der Waals surface area (Å²) in [5.74, 6) is 1.74. The number of allylic oxidation sites excluding steroid dienone is 1. The number of hydrogen-bond acceptors (Lipinski definition) is 6. The molecule has 0 radical (unpaired) electrons. The van der Waals surface area contributed by atoms with Crippen LogP contribution in [-0.4, -0.2) is 27.3 Å². The minimum atomic E-state index is -0.531. The van der Waals surface area contributed by atoms with Crippen molar-refractivity contribution in [1.29, 1.82) is 0 Å². The lowest BCUT2D eigenvalue weighted by Crippen LogP contribution is -2.31. The lowest BCUT2D eigenvalue weighted by Gasteiger charge is -2.28. The van der Waals surface area contributed by atoms with Crippen molar-refractivity contribution in [3.8, 4) is 5.75 Å². The Morgan fingerprint density at radius 1 is 1.10 bits per heavy atom. The van der Waals surface area contributed by atoms with E-state index in [1.165, 1.54) is 17.8 Å². The Kier molecular flexibility index (Phi) is 8.73. The van der Waals surface area contributed by atoms with Crippen molar-refractivity contribution in [3.05, 3.63) is 107 Å². The van der Waals surface area contributed by atoms with Gasteiger partial charge in [0.05, 0.1) is 12.2 Å². The summed E-state index contributed by atoms with van der Waals surface area (Å²) in [5, 5.41) is 11.6. The van der Waals surface area contributed by atoms with Gasteiger partial charge in [-0.2, -0.15) is 4.98 Å². The van der Waals surface area contributed by atoms with E-state index in [9.17, 15) is 9.18 Å². The molecule has 0 aliphatic carbocycles. The smallest absolute Gasteiger partial charge is 0.255 e. The van der Waals surface area contributed by atoms with Crippen molar-refractivity contribution in [3.63, 3.8) is 0 Å². The fourth-order valence-electron chi connectivity index (χ4n) is 4.63. The summed E-state index contributed by atoms with van der Waals surface area (Å²) in [5.41, 5.74) is 4.43. The molecule has 2 heterocycles. The van der Waals surface area contributed by atoms with E-state index in [0.29, 0.717) is 51.9 Å². The van der Waals surface area contributed by atoms with E-state index >= 15 is 0 Å². The van der Waals surface area contributed by atoms with Crippen LogP contribution in [0.4, 0.5) is 16.0 Å². The van der Waals surface area contributed by atoms with Gasteiger partial charge in [0.1, 0.15) is 17.6 Å². The van der Waals surface area contributed by atoms with Crippen molar-refractivity contribution in [2.45, 2.75) is 51.1 Å². The lowest BCUT2D eigenvalue weighted by atomic mass is 9.95. The number of nitrogens with one attached hydrogen (secondary N) is 2. The zero-order chi connectivity index (χ0) is 28.9. The molecule has 7 nitrogen and oxygen atoms in total. The number of benzene rings is 3. The Labute approximate surface area is 244 Å². The van der Waals surface area contributed by atoms with Crippen LogP contribution in [0, 0.1) is 18.7 Å². The van der Waals surface area contributed by atoms with Crippen molar-refractivity contribution in [1.82, 2.24) is 14.8 Å². The van der Waals surface area contributed by atoms with Crippen LogP contribution in [0.1, 0.15) is 49.9 Å². The van der Waals surface area contributed by atoms with Gasteiger partial charge in [0.25, 0.3) is 5.91 Å². The van der Waals surface area contributed by atoms with E-state index in [2.05, 4.69) is 29.5 Å². The molecule has 2 N–H and O–H groups in total. The zero-order valence-corrected chi connectivity index (χ0v) is 24.5. The molecule has 1 amide bonds. The van der Waals surface area contributed by atoms with Crippen LogP contribution >= 0.6 is 11.8 Å². The number of halogens is 1. The van der Waals surface area contributed by atoms with E-state index < -0.39 is 6.04 Å². The van der Waals surface area contributed by atoms with Crippen LogP contribution in [-0.2, 0) is 10.5 Å². The second-order valence-electron chi connectivity index (χ2n) is 10.5. The molecule has 5 rings (SSSR count). The maximum atomic E-state index is 14.2. The first-order valence-corrected chi connectivity index (χ1v) is 14.7. The van der Waals surface area contributed by atoms with Gasteiger partial charge in [0.2, 0.25) is 11.1 Å². The van der Waals surface area contributed by atoms with Crippen LogP contribution in [0.2, 0.25) is 0 Å². The first-order valence-electron chi connectivity index (χ1n) is 13.7. The van der Waals surface area contributed by atoms with E-state index in [0.717, 1.165) is 23.3 Å². The molecule has 1 aliphatic rings. The number of amides is 1. The molecule has 1 atom stereocenters. The highest BCUT2D eigenvalue weighted by molar-refractivity contribution is 7.98. The van der Waals surface area contributed by atoms with Gasteiger partial charge in [-0.1, -0.05) is 68.1 Å². The Balaban J connectivity index is 1.46. The predicted octanol–water partition coefficient (Wildman–Crippen LogP) is 7.37. The lowest BCUT2D eigenvalue weighted by molar-refractivity contribution is -0.113. The summed E-state index contributed by atoms with van der Waals surface area (Å²) < 4.78 is 21.9. The number of nitrogens with zero attached hydrogens (tertiary/aromatic N) is 3. The van der Waals surface area contributed by atoms with Gasteiger partial charge in [-0.15, -0.1) is 5.10 Å². The molecule has 1 unspecified atom stereocenters. The quantitative estimate of drug-likeness (QED) is 0.194. The highest BCUT2D eigenvalue weighted by Crippen LogP contribution is 2.37. The molecular formula is C32H34FN5O2S. The third-order valence-corrected chi connectivity index (χ3v) is 7.71. The van der Waals surface area contributed by atoms with Gasteiger partial charge in [0.15, 0.2) is 0 Å². The second kappa shape index (κ2) is 12.6. The third-order valence-electron chi connectivity index (χ3n) is 6.83. The number of aryl methyl sites for hydroxylation is 1. The minimum absolute atomic E-state index is 0.232. The fourth-order valence-corrected chi connectivity index (χ4v) is 5.45. The molecule has 9 heteroatoms. The van der Waals surface area contributed by atoms with Gasteiger partial charge < -0.3 is 15.4 Å². The topological polar surface area (TPSA) is 81.1 Å². The molecule has 1 aromatic heterocycles. The number of ether oxygens (including phenoxy) is 1. The van der Waals surface area contributed by atoms with Crippen molar-refractivity contribution >= 4 is 29.3 Å². The van der Waals surface area contributed by atoms with E-state index in [4.69, 9.17) is 9.84 Å². The highest BCUT2D eigenvalue weighted by atomic mass is 32.2. The van der Waals surface area contributed by atoms with Gasteiger partial charge in [0, 0.05) is 17.1 Å². The van der Waals surface area contributed by atoms with E-state index in [1.54, 1.807) is 16.8 Å². The van der Waals surface area contributed by atoms with Gasteiger partial charge in [-0.05, 0) is 73.2 Å².